The molecule has 1 saturated heterocycles. The number of hydrogen-bond acceptors (Lipinski definition) is 2. The minimum Gasteiger partial charge on any atom is -0.368 e. The lowest BCUT2D eigenvalue weighted by Gasteiger charge is -2.38. The van der Waals surface area contributed by atoms with Crippen molar-refractivity contribution in [2.45, 2.75) is 64.1 Å². The third-order valence-corrected chi connectivity index (χ3v) is 6.11. The Morgan fingerprint density at radius 2 is 2.06 bits per heavy atom. The predicted octanol–water partition coefficient (Wildman–Crippen LogP) is 4.63. The normalized spacial score (nSPS) is 35.7. The van der Waals surface area contributed by atoms with Crippen molar-refractivity contribution in [2.24, 2.45) is 11.3 Å². The van der Waals surface area contributed by atoms with Gasteiger partial charge in [-0.3, -0.25) is 0 Å². The third-order valence-electron chi connectivity index (χ3n) is 4.68. The second-order valence-corrected chi connectivity index (χ2v) is 8.57. The third kappa shape index (κ3) is 2.90. The van der Waals surface area contributed by atoms with Crippen molar-refractivity contribution >= 4 is 11.8 Å². The van der Waals surface area contributed by atoms with Crippen LogP contribution >= 0.6 is 11.8 Å². The SMILES string of the molecule is CC1=CCC(CC2OCCC(C)(C)S2)C1(C)C. The molecule has 1 fully saturated rings. The summed E-state index contributed by atoms with van der Waals surface area (Å²) < 4.78 is 6.34. The summed E-state index contributed by atoms with van der Waals surface area (Å²) in [5.74, 6) is 0.758. The summed E-state index contributed by atoms with van der Waals surface area (Å²) in [5.41, 5.74) is 2.33. The first-order chi connectivity index (χ1) is 7.81. The quantitative estimate of drug-likeness (QED) is 0.665. The molecule has 2 atom stereocenters. The molecule has 2 rings (SSSR count). The largest absolute Gasteiger partial charge is 0.368 e. The molecule has 0 saturated carbocycles. The van der Waals surface area contributed by atoms with Crippen LogP contribution in [0.15, 0.2) is 11.6 Å². The highest BCUT2D eigenvalue weighted by Gasteiger charge is 2.38. The molecule has 0 aromatic carbocycles. The maximum Gasteiger partial charge on any atom is 0.104 e. The standard InChI is InChI=1S/C15H26OS/c1-11-6-7-12(15(11,4)5)10-13-16-9-8-14(2,3)17-13/h6,12-13H,7-10H2,1-5H3. The van der Waals surface area contributed by atoms with Crippen molar-refractivity contribution < 1.29 is 4.74 Å². The second-order valence-electron chi connectivity index (χ2n) is 6.71. The van der Waals surface area contributed by atoms with Crippen LogP contribution in [0.25, 0.3) is 0 Å². The van der Waals surface area contributed by atoms with Gasteiger partial charge in [0.05, 0.1) is 0 Å². The number of ether oxygens (including phenoxy) is 1. The van der Waals surface area contributed by atoms with Crippen LogP contribution in [0, 0.1) is 11.3 Å². The molecule has 2 heteroatoms. The van der Waals surface area contributed by atoms with Gasteiger partial charge >= 0.3 is 0 Å². The maximum absolute atomic E-state index is 5.94. The fourth-order valence-corrected chi connectivity index (χ4v) is 4.23. The molecule has 1 aliphatic carbocycles. The Labute approximate surface area is 110 Å². The fraction of sp³-hybridized carbons (Fsp3) is 0.867. The van der Waals surface area contributed by atoms with E-state index in [1.54, 1.807) is 5.57 Å². The molecule has 0 radical (unpaired) electrons. The summed E-state index contributed by atoms with van der Waals surface area (Å²) in [6.45, 7) is 12.7. The van der Waals surface area contributed by atoms with Crippen LogP contribution < -0.4 is 0 Å². The lowest BCUT2D eigenvalue weighted by Crippen LogP contribution is -2.33. The second kappa shape index (κ2) is 4.62. The van der Waals surface area contributed by atoms with Crippen molar-refractivity contribution in [2.75, 3.05) is 6.61 Å². The van der Waals surface area contributed by atoms with Crippen LogP contribution in [0.4, 0.5) is 0 Å². The molecule has 0 bridgehead atoms. The molecule has 0 aromatic rings. The summed E-state index contributed by atoms with van der Waals surface area (Å²) in [7, 11) is 0. The van der Waals surface area contributed by atoms with Gasteiger partial charge in [0.2, 0.25) is 0 Å². The Hall–Kier alpha value is 0.0500. The van der Waals surface area contributed by atoms with E-state index in [2.05, 4.69) is 40.7 Å². The molecule has 0 N–H and O–H groups in total. The van der Waals surface area contributed by atoms with Crippen molar-refractivity contribution in [3.63, 3.8) is 0 Å². The summed E-state index contributed by atoms with van der Waals surface area (Å²) in [5, 5.41) is 0. The molecular weight excluding hydrogens is 228 g/mol. The van der Waals surface area contributed by atoms with Gasteiger partial charge in [0.15, 0.2) is 0 Å². The summed E-state index contributed by atoms with van der Waals surface area (Å²) in [4.78, 5) is 0. The van der Waals surface area contributed by atoms with E-state index in [0.29, 0.717) is 15.6 Å². The van der Waals surface area contributed by atoms with Crippen LogP contribution in [-0.4, -0.2) is 16.8 Å². The van der Waals surface area contributed by atoms with Crippen molar-refractivity contribution in [3.05, 3.63) is 11.6 Å². The Bertz CT molecular complexity index is 317. The Balaban J connectivity index is 1.94. The molecule has 0 amide bonds. The van der Waals surface area contributed by atoms with E-state index in [9.17, 15) is 0 Å². The van der Waals surface area contributed by atoms with Gasteiger partial charge in [-0.25, -0.2) is 0 Å². The monoisotopic (exact) mass is 254 g/mol. The van der Waals surface area contributed by atoms with Gasteiger partial charge in [0, 0.05) is 11.4 Å². The molecule has 0 spiro atoms. The average molecular weight is 254 g/mol. The minimum absolute atomic E-state index is 0.367. The summed E-state index contributed by atoms with van der Waals surface area (Å²) >= 11 is 2.03. The highest BCUT2D eigenvalue weighted by atomic mass is 32.2. The van der Waals surface area contributed by atoms with E-state index in [1.165, 1.54) is 19.3 Å². The van der Waals surface area contributed by atoms with E-state index in [-0.39, 0.29) is 0 Å². The molecule has 1 aliphatic heterocycles. The molecule has 2 aliphatic rings. The van der Waals surface area contributed by atoms with Gasteiger partial charge in [-0.2, -0.15) is 0 Å². The van der Waals surface area contributed by atoms with Crippen LogP contribution in [-0.2, 0) is 4.74 Å². The van der Waals surface area contributed by atoms with Gasteiger partial charge in [0.25, 0.3) is 0 Å². The Kier molecular flexibility index (Phi) is 3.66. The maximum atomic E-state index is 5.94. The summed E-state index contributed by atoms with van der Waals surface area (Å²) in [6.07, 6.45) is 6.04. The smallest absolute Gasteiger partial charge is 0.104 e. The van der Waals surface area contributed by atoms with Gasteiger partial charge < -0.3 is 4.74 Å². The van der Waals surface area contributed by atoms with Crippen LogP contribution in [0.5, 0.6) is 0 Å². The number of allylic oxidation sites excluding steroid dienone is 2. The zero-order valence-electron chi connectivity index (χ0n) is 11.9. The lowest BCUT2D eigenvalue weighted by atomic mass is 9.76. The Morgan fingerprint density at radius 1 is 1.35 bits per heavy atom. The van der Waals surface area contributed by atoms with Gasteiger partial charge in [-0.05, 0) is 37.5 Å². The number of hydrogen-bond donors (Lipinski definition) is 0. The van der Waals surface area contributed by atoms with Crippen molar-refractivity contribution in [1.82, 2.24) is 0 Å². The molecule has 2 unspecified atom stereocenters. The zero-order valence-corrected chi connectivity index (χ0v) is 12.7. The van der Waals surface area contributed by atoms with Crippen molar-refractivity contribution in [1.29, 1.82) is 0 Å². The molecular formula is C15H26OS. The van der Waals surface area contributed by atoms with Crippen LogP contribution in [0.3, 0.4) is 0 Å². The average Bonchev–Trinajstić information content (AvgIpc) is 2.43. The highest BCUT2D eigenvalue weighted by molar-refractivity contribution is 8.01. The molecule has 98 valence electrons. The summed E-state index contributed by atoms with van der Waals surface area (Å²) in [6, 6.07) is 0. The molecule has 1 nitrogen and oxygen atoms in total. The minimum atomic E-state index is 0.367. The van der Waals surface area contributed by atoms with E-state index in [0.717, 1.165) is 12.5 Å². The van der Waals surface area contributed by atoms with E-state index < -0.39 is 0 Å². The fourth-order valence-electron chi connectivity index (χ4n) is 2.82. The molecule has 1 heterocycles. The van der Waals surface area contributed by atoms with E-state index in [4.69, 9.17) is 4.74 Å². The number of rotatable bonds is 2. The lowest BCUT2D eigenvalue weighted by molar-refractivity contribution is 0.0656. The van der Waals surface area contributed by atoms with Gasteiger partial charge in [0.1, 0.15) is 5.44 Å². The number of thioether (sulfide) groups is 1. The molecule has 0 aromatic heterocycles. The predicted molar refractivity (Wildman–Crippen MR) is 76.3 cm³/mol. The first kappa shape index (κ1) is 13.5. The van der Waals surface area contributed by atoms with Gasteiger partial charge in [-0.1, -0.05) is 39.3 Å². The Morgan fingerprint density at radius 3 is 2.59 bits per heavy atom. The van der Waals surface area contributed by atoms with Gasteiger partial charge in [-0.15, -0.1) is 11.8 Å². The van der Waals surface area contributed by atoms with Crippen molar-refractivity contribution in [3.8, 4) is 0 Å². The first-order valence-electron chi connectivity index (χ1n) is 6.78. The molecule has 17 heavy (non-hydrogen) atoms. The topological polar surface area (TPSA) is 9.23 Å². The highest BCUT2D eigenvalue weighted by Crippen LogP contribution is 2.48. The van der Waals surface area contributed by atoms with E-state index in [1.807, 2.05) is 11.8 Å². The van der Waals surface area contributed by atoms with E-state index >= 15 is 0 Å². The first-order valence-corrected chi connectivity index (χ1v) is 7.66. The van der Waals surface area contributed by atoms with Crippen LogP contribution in [0.2, 0.25) is 0 Å². The zero-order chi connectivity index (χ0) is 12.7. The van der Waals surface area contributed by atoms with Crippen LogP contribution in [0.1, 0.15) is 53.9 Å².